The third-order valence-electron chi connectivity index (χ3n) is 4.59. The first-order valence-corrected chi connectivity index (χ1v) is 9.34. The van der Waals surface area contributed by atoms with Crippen LogP contribution in [0.1, 0.15) is 21.5 Å². The van der Waals surface area contributed by atoms with Crippen molar-refractivity contribution in [3.05, 3.63) is 89.5 Å². The quantitative estimate of drug-likeness (QED) is 0.565. The minimum absolute atomic E-state index is 0.0535. The number of carbonyl (C=O) groups excluding carboxylic acids is 1. The van der Waals surface area contributed by atoms with E-state index in [2.05, 4.69) is 0 Å². The molecule has 0 unspecified atom stereocenters. The lowest BCUT2D eigenvalue weighted by Crippen LogP contribution is -2.26. The molecule has 0 saturated carbocycles. The number of nitrogens with zero attached hydrogens (tertiary/aromatic N) is 1. The van der Waals surface area contributed by atoms with Gasteiger partial charge in [0.15, 0.2) is 0 Å². The number of carbonyl (C=O) groups is 1. The summed E-state index contributed by atoms with van der Waals surface area (Å²) in [6.07, 6.45) is 0. The molecule has 5 heteroatoms. The van der Waals surface area contributed by atoms with Crippen LogP contribution >= 0.6 is 0 Å². The van der Waals surface area contributed by atoms with Gasteiger partial charge < -0.3 is 19.1 Å². The Morgan fingerprint density at radius 2 is 1.55 bits per heavy atom. The number of methoxy groups -OCH3 is 2. The fourth-order valence-corrected chi connectivity index (χ4v) is 3.01. The second kappa shape index (κ2) is 9.64. The van der Waals surface area contributed by atoms with E-state index < -0.39 is 0 Å². The van der Waals surface area contributed by atoms with Gasteiger partial charge in [0.05, 0.1) is 14.2 Å². The summed E-state index contributed by atoms with van der Waals surface area (Å²) in [4.78, 5) is 14.6. The monoisotopic (exact) mass is 391 g/mol. The van der Waals surface area contributed by atoms with Gasteiger partial charge in [-0.3, -0.25) is 4.79 Å². The zero-order valence-electron chi connectivity index (χ0n) is 16.9. The van der Waals surface area contributed by atoms with Gasteiger partial charge in [-0.15, -0.1) is 0 Å². The van der Waals surface area contributed by atoms with E-state index in [4.69, 9.17) is 14.2 Å². The molecule has 3 aromatic rings. The predicted molar refractivity (Wildman–Crippen MR) is 113 cm³/mol. The second-order valence-electron chi connectivity index (χ2n) is 6.64. The third kappa shape index (κ3) is 5.29. The van der Waals surface area contributed by atoms with Crippen molar-refractivity contribution in [1.82, 2.24) is 4.90 Å². The van der Waals surface area contributed by atoms with Gasteiger partial charge in [0.1, 0.15) is 23.9 Å². The van der Waals surface area contributed by atoms with Gasteiger partial charge in [-0.05, 0) is 48.0 Å². The van der Waals surface area contributed by atoms with Gasteiger partial charge in [-0.1, -0.05) is 30.3 Å². The summed E-state index contributed by atoms with van der Waals surface area (Å²) in [6, 6.07) is 22.7. The first-order valence-electron chi connectivity index (χ1n) is 9.34. The first kappa shape index (κ1) is 20.3. The smallest absolute Gasteiger partial charge is 0.253 e. The third-order valence-corrected chi connectivity index (χ3v) is 4.59. The van der Waals surface area contributed by atoms with Crippen LogP contribution in [0.15, 0.2) is 72.8 Å². The molecule has 1 amide bonds. The van der Waals surface area contributed by atoms with Crippen molar-refractivity contribution >= 4 is 5.91 Å². The fourth-order valence-electron chi connectivity index (χ4n) is 3.01. The molecule has 3 aromatic carbocycles. The Bertz CT molecular complexity index is 939. The van der Waals surface area contributed by atoms with E-state index in [9.17, 15) is 4.79 Å². The minimum atomic E-state index is -0.0535. The first-order chi connectivity index (χ1) is 14.1. The van der Waals surface area contributed by atoms with E-state index in [1.165, 1.54) is 0 Å². The Kier molecular flexibility index (Phi) is 6.74. The average molecular weight is 391 g/mol. The van der Waals surface area contributed by atoms with Crippen LogP contribution in [0.2, 0.25) is 0 Å². The summed E-state index contributed by atoms with van der Waals surface area (Å²) in [5.74, 6) is 2.11. The molecule has 0 aliphatic rings. The van der Waals surface area contributed by atoms with Crippen LogP contribution in [-0.2, 0) is 13.2 Å². The van der Waals surface area contributed by atoms with Gasteiger partial charge in [0.25, 0.3) is 5.91 Å². The van der Waals surface area contributed by atoms with Gasteiger partial charge in [0.2, 0.25) is 0 Å². The molecule has 0 saturated heterocycles. The highest BCUT2D eigenvalue weighted by atomic mass is 16.5. The van der Waals surface area contributed by atoms with E-state index in [-0.39, 0.29) is 5.91 Å². The van der Waals surface area contributed by atoms with Crippen molar-refractivity contribution in [3.8, 4) is 17.2 Å². The lowest BCUT2D eigenvalue weighted by molar-refractivity contribution is 0.0785. The highest BCUT2D eigenvalue weighted by Crippen LogP contribution is 2.24. The maximum absolute atomic E-state index is 12.9. The largest absolute Gasteiger partial charge is 0.497 e. The molecular weight excluding hydrogens is 366 g/mol. The Morgan fingerprint density at radius 1 is 0.862 bits per heavy atom. The standard InChI is InChI=1S/C24H25NO4/c1-25(16-18-7-5-4-6-8-18)24(26)19-9-14-23(28-3)20(15-19)17-29-22-12-10-21(27-2)11-13-22/h4-15H,16-17H2,1-3H3. The lowest BCUT2D eigenvalue weighted by atomic mass is 10.1. The zero-order valence-corrected chi connectivity index (χ0v) is 16.9. The van der Waals surface area contributed by atoms with Crippen molar-refractivity contribution < 1.29 is 19.0 Å². The number of hydrogen-bond acceptors (Lipinski definition) is 4. The molecule has 29 heavy (non-hydrogen) atoms. The minimum Gasteiger partial charge on any atom is -0.497 e. The average Bonchev–Trinajstić information content (AvgIpc) is 2.78. The molecule has 0 aliphatic heterocycles. The van der Waals surface area contributed by atoms with Gasteiger partial charge in [-0.25, -0.2) is 0 Å². The summed E-state index contributed by atoms with van der Waals surface area (Å²) in [7, 11) is 5.03. The number of benzene rings is 3. The van der Waals surface area contributed by atoms with Crippen molar-refractivity contribution in [1.29, 1.82) is 0 Å². The van der Waals surface area contributed by atoms with Crippen LogP contribution in [0.25, 0.3) is 0 Å². The van der Waals surface area contributed by atoms with Crippen LogP contribution in [-0.4, -0.2) is 32.1 Å². The molecule has 0 spiro atoms. The van der Waals surface area contributed by atoms with E-state index in [1.807, 2.05) is 60.7 Å². The number of hydrogen-bond donors (Lipinski definition) is 0. The summed E-state index contributed by atoms with van der Waals surface area (Å²) in [5.41, 5.74) is 2.49. The number of amides is 1. The Hall–Kier alpha value is -3.47. The van der Waals surface area contributed by atoms with Crippen molar-refractivity contribution in [2.24, 2.45) is 0 Å². The normalized spacial score (nSPS) is 10.3. The molecule has 0 radical (unpaired) electrons. The molecule has 0 heterocycles. The Labute approximate surface area is 171 Å². The molecule has 150 valence electrons. The predicted octanol–water partition coefficient (Wildman–Crippen LogP) is 4.56. The molecule has 0 aromatic heterocycles. The Balaban J connectivity index is 1.72. The number of rotatable bonds is 8. The highest BCUT2D eigenvalue weighted by molar-refractivity contribution is 5.94. The summed E-state index contributed by atoms with van der Waals surface area (Å²) in [6.45, 7) is 0.836. The highest BCUT2D eigenvalue weighted by Gasteiger charge is 2.15. The molecule has 0 atom stereocenters. The Morgan fingerprint density at radius 3 is 2.21 bits per heavy atom. The van der Waals surface area contributed by atoms with Crippen molar-refractivity contribution in [2.75, 3.05) is 21.3 Å². The van der Waals surface area contributed by atoms with Crippen LogP contribution < -0.4 is 14.2 Å². The van der Waals surface area contributed by atoms with Crippen LogP contribution in [0, 0.1) is 0 Å². The van der Waals surface area contributed by atoms with Crippen molar-refractivity contribution in [3.63, 3.8) is 0 Å². The SMILES string of the molecule is COc1ccc(OCc2cc(C(=O)N(C)Cc3ccccc3)ccc2OC)cc1. The van der Waals surface area contributed by atoms with Gasteiger partial charge in [-0.2, -0.15) is 0 Å². The van der Waals surface area contributed by atoms with E-state index in [0.29, 0.717) is 30.2 Å². The van der Waals surface area contributed by atoms with E-state index >= 15 is 0 Å². The van der Waals surface area contributed by atoms with Gasteiger partial charge in [0, 0.05) is 24.7 Å². The number of ether oxygens (including phenoxy) is 3. The maximum atomic E-state index is 12.9. The topological polar surface area (TPSA) is 48.0 Å². The maximum Gasteiger partial charge on any atom is 0.253 e. The lowest BCUT2D eigenvalue weighted by Gasteiger charge is -2.18. The molecular formula is C24H25NO4. The summed E-state index contributed by atoms with van der Waals surface area (Å²) < 4.78 is 16.5. The summed E-state index contributed by atoms with van der Waals surface area (Å²) >= 11 is 0. The summed E-state index contributed by atoms with van der Waals surface area (Å²) in [5, 5.41) is 0. The molecule has 0 aliphatic carbocycles. The van der Waals surface area contributed by atoms with E-state index in [1.54, 1.807) is 38.3 Å². The fraction of sp³-hybridized carbons (Fsp3) is 0.208. The van der Waals surface area contributed by atoms with Crippen LogP contribution in [0.5, 0.6) is 17.2 Å². The molecule has 0 fully saturated rings. The van der Waals surface area contributed by atoms with Crippen LogP contribution in [0.3, 0.4) is 0 Å². The second-order valence-corrected chi connectivity index (χ2v) is 6.64. The van der Waals surface area contributed by atoms with Gasteiger partial charge >= 0.3 is 0 Å². The molecule has 3 rings (SSSR count). The van der Waals surface area contributed by atoms with Crippen LogP contribution in [0.4, 0.5) is 0 Å². The molecule has 5 nitrogen and oxygen atoms in total. The van der Waals surface area contributed by atoms with Crippen molar-refractivity contribution in [2.45, 2.75) is 13.2 Å². The molecule has 0 bridgehead atoms. The zero-order chi connectivity index (χ0) is 20.6. The molecule has 0 N–H and O–H groups in total. The van der Waals surface area contributed by atoms with E-state index in [0.717, 1.165) is 16.9 Å².